The van der Waals surface area contributed by atoms with Gasteiger partial charge < -0.3 is 9.15 Å². The van der Waals surface area contributed by atoms with Crippen LogP contribution >= 0.6 is 0 Å². The minimum atomic E-state index is -4.99. The maximum Gasteiger partial charge on any atom is 0.434 e. The minimum Gasteiger partial charge on any atom is -0.442 e. The van der Waals surface area contributed by atoms with Crippen LogP contribution in [0.4, 0.5) is 26.3 Å². The number of esters is 1. The lowest BCUT2D eigenvalue weighted by molar-refractivity contribution is -0.232. The van der Waals surface area contributed by atoms with Crippen molar-refractivity contribution in [2.75, 3.05) is 19.6 Å². The zero-order chi connectivity index (χ0) is 20.5. The van der Waals surface area contributed by atoms with Gasteiger partial charge in [0.15, 0.2) is 5.58 Å². The predicted molar refractivity (Wildman–Crippen MR) is 84.1 cm³/mol. The molecule has 0 bridgehead atoms. The average molecular weight is 410 g/mol. The van der Waals surface area contributed by atoms with Crippen LogP contribution in [0.2, 0.25) is 0 Å². The van der Waals surface area contributed by atoms with Crippen LogP contribution in [0.5, 0.6) is 0 Å². The second-order valence-electron chi connectivity index (χ2n) is 6.57. The van der Waals surface area contributed by atoms with Crippen LogP contribution in [0.1, 0.15) is 24.8 Å². The van der Waals surface area contributed by atoms with Crippen molar-refractivity contribution in [1.29, 1.82) is 0 Å². The van der Waals surface area contributed by atoms with Gasteiger partial charge in [-0.15, -0.1) is 0 Å². The highest BCUT2D eigenvalue weighted by atomic mass is 19.4. The molecule has 0 N–H and O–H groups in total. The number of hydrogen-bond acceptors (Lipinski definition) is 5. The van der Waals surface area contributed by atoms with E-state index >= 15 is 0 Å². The van der Waals surface area contributed by atoms with Crippen molar-refractivity contribution < 1.29 is 40.3 Å². The lowest BCUT2D eigenvalue weighted by atomic mass is 9.98. The van der Waals surface area contributed by atoms with E-state index in [1.54, 1.807) is 12.1 Å². The summed E-state index contributed by atoms with van der Waals surface area (Å²) in [5.74, 6) is -3.15. The summed E-state index contributed by atoms with van der Waals surface area (Å²) >= 11 is 0. The van der Waals surface area contributed by atoms with Gasteiger partial charge in [-0.3, -0.25) is 9.69 Å². The van der Waals surface area contributed by atoms with Gasteiger partial charge in [-0.25, -0.2) is 4.98 Å². The van der Waals surface area contributed by atoms with E-state index in [0.717, 1.165) is 4.90 Å². The van der Waals surface area contributed by atoms with Crippen molar-refractivity contribution >= 4 is 17.1 Å². The van der Waals surface area contributed by atoms with Gasteiger partial charge in [-0.05, 0) is 31.5 Å². The first-order chi connectivity index (χ1) is 13.0. The summed E-state index contributed by atoms with van der Waals surface area (Å²) in [7, 11) is 0. The summed E-state index contributed by atoms with van der Waals surface area (Å²) in [6, 6.07) is 5.95. The van der Waals surface area contributed by atoms with E-state index in [0.29, 0.717) is 0 Å². The molecule has 0 aliphatic carbocycles. The Bertz CT molecular complexity index is 799. The van der Waals surface area contributed by atoms with Crippen molar-refractivity contribution in [3.63, 3.8) is 0 Å². The van der Waals surface area contributed by atoms with E-state index in [4.69, 9.17) is 4.42 Å². The number of benzene rings is 1. The van der Waals surface area contributed by atoms with Crippen LogP contribution in [0.15, 0.2) is 28.7 Å². The summed E-state index contributed by atoms with van der Waals surface area (Å²) < 4.78 is 87.5. The molecular weight excluding hydrogens is 394 g/mol. The van der Waals surface area contributed by atoms with Gasteiger partial charge in [0, 0.05) is 6.54 Å². The number of rotatable bonds is 4. The Morgan fingerprint density at radius 3 is 2.61 bits per heavy atom. The van der Waals surface area contributed by atoms with Crippen LogP contribution in [0.3, 0.4) is 0 Å². The number of hydrogen-bond donors (Lipinski definition) is 0. The Morgan fingerprint density at radius 1 is 1.25 bits per heavy atom. The number of para-hydroxylation sites is 2. The van der Waals surface area contributed by atoms with Gasteiger partial charge in [-0.2, -0.15) is 26.3 Å². The largest absolute Gasteiger partial charge is 0.442 e. The number of fused-ring (bicyclic) bond motifs is 1. The fraction of sp³-hybridized carbons (Fsp3) is 0.529. The second kappa shape index (κ2) is 7.61. The first-order valence-corrected chi connectivity index (χ1v) is 8.45. The van der Waals surface area contributed by atoms with E-state index in [1.807, 2.05) is 0 Å². The third-order valence-corrected chi connectivity index (χ3v) is 4.31. The van der Waals surface area contributed by atoms with Crippen molar-refractivity contribution in [2.24, 2.45) is 5.92 Å². The molecule has 0 saturated carbocycles. The normalized spacial score (nSPS) is 20.3. The molecule has 1 aromatic heterocycles. The molecule has 5 nitrogen and oxygen atoms in total. The molecular formula is C17H16F6N2O3. The van der Waals surface area contributed by atoms with Gasteiger partial charge in [0.1, 0.15) is 5.52 Å². The number of halogens is 6. The highest BCUT2D eigenvalue weighted by Gasteiger charge is 2.48. The number of aromatic nitrogens is 1. The molecule has 2 heterocycles. The zero-order valence-corrected chi connectivity index (χ0v) is 14.4. The number of carbonyl (C=O) groups is 1. The maximum atomic E-state index is 13.4. The Kier molecular flexibility index (Phi) is 5.55. The molecule has 11 heteroatoms. The van der Waals surface area contributed by atoms with E-state index in [1.165, 1.54) is 12.1 Å². The average Bonchev–Trinajstić information content (AvgIpc) is 3.00. The lowest BCUT2D eigenvalue weighted by Gasteiger charge is -2.32. The Hall–Kier alpha value is -2.30. The highest BCUT2D eigenvalue weighted by Crippen LogP contribution is 2.38. The Morgan fingerprint density at radius 2 is 1.96 bits per heavy atom. The van der Waals surface area contributed by atoms with E-state index in [-0.39, 0.29) is 37.0 Å². The van der Waals surface area contributed by atoms with E-state index in [9.17, 15) is 31.1 Å². The summed E-state index contributed by atoms with van der Waals surface area (Å²) in [4.78, 5) is 17.0. The summed E-state index contributed by atoms with van der Waals surface area (Å²) in [5, 5.41) is 0. The second-order valence-corrected chi connectivity index (χ2v) is 6.57. The number of oxazole rings is 1. The number of nitrogens with zero attached hydrogens (tertiary/aromatic N) is 2. The molecule has 0 spiro atoms. The molecule has 0 unspecified atom stereocenters. The monoisotopic (exact) mass is 410 g/mol. The van der Waals surface area contributed by atoms with Crippen LogP contribution in [-0.4, -0.2) is 47.8 Å². The Balaban J connectivity index is 1.75. The molecule has 2 atom stereocenters. The number of likely N-dealkylation sites (tertiary alicyclic amines) is 1. The van der Waals surface area contributed by atoms with Crippen molar-refractivity contribution in [3.05, 3.63) is 30.2 Å². The van der Waals surface area contributed by atoms with Crippen LogP contribution in [0, 0.1) is 5.92 Å². The molecule has 1 saturated heterocycles. The van der Waals surface area contributed by atoms with Gasteiger partial charge in [0.2, 0.25) is 5.89 Å². The molecule has 1 aliphatic rings. The smallest absolute Gasteiger partial charge is 0.434 e. The lowest BCUT2D eigenvalue weighted by Crippen LogP contribution is -2.44. The van der Waals surface area contributed by atoms with Gasteiger partial charge in [0.05, 0.1) is 12.5 Å². The van der Waals surface area contributed by atoms with Crippen molar-refractivity contribution in [3.8, 4) is 0 Å². The fourth-order valence-electron chi connectivity index (χ4n) is 3.12. The number of piperidine rings is 1. The highest BCUT2D eigenvalue weighted by molar-refractivity contribution is 5.74. The van der Waals surface area contributed by atoms with Gasteiger partial charge >= 0.3 is 18.3 Å². The molecule has 0 amide bonds. The molecule has 3 rings (SSSR count). The molecule has 1 aliphatic heterocycles. The van der Waals surface area contributed by atoms with Crippen LogP contribution < -0.4 is 0 Å². The first-order valence-electron chi connectivity index (χ1n) is 8.45. The van der Waals surface area contributed by atoms with E-state index in [2.05, 4.69) is 9.72 Å². The SMILES string of the molecule is O=C(O[C@@H](c1nc2ccccc2o1)C(F)(F)F)[C@H]1CCCN(CC(F)(F)F)C1. The summed E-state index contributed by atoms with van der Waals surface area (Å²) in [6.07, 6.45) is -11.8. The zero-order valence-electron chi connectivity index (χ0n) is 14.4. The van der Waals surface area contributed by atoms with Crippen molar-refractivity contribution in [2.45, 2.75) is 31.3 Å². The first kappa shape index (κ1) is 20.4. The molecule has 1 aromatic carbocycles. The topological polar surface area (TPSA) is 55.6 Å². The number of ether oxygens (including phenoxy) is 1. The molecule has 154 valence electrons. The third kappa shape index (κ3) is 4.94. The van der Waals surface area contributed by atoms with Gasteiger partial charge in [-0.1, -0.05) is 12.1 Å². The van der Waals surface area contributed by atoms with Crippen molar-refractivity contribution in [1.82, 2.24) is 9.88 Å². The molecule has 2 aromatic rings. The van der Waals surface area contributed by atoms with E-state index < -0.39 is 42.8 Å². The fourth-order valence-corrected chi connectivity index (χ4v) is 3.12. The van der Waals surface area contributed by atoms with Crippen LogP contribution in [-0.2, 0) is 9.53 Å². The van der Waals surface area contributed by atoms with Crippen LogP contribution in [0.25, 0.3) is 11.1 Å². The molecule has 1 fully saturated rings. The number of alkyl halides is 6. The molecule has 0 radical (unpaired) electrons. The predicted octanol–water partition coefficient (Wildman–Crippen LogP) is 4.25. The minimum absolute atomic E-state index is 0.0943. The summed E-state index contributed by atoms with van der Waals surface area (Å²) in [5.41, 5.74) is 0.258. The maximum absolute atomic E-state index is 13.4. The standard InChI is InChI=1S/C17H16F6N2O3/c18-16(19,20)9-25-7-3-4-10(8-25)15(26)28-13(17(21,22)23)14-24-11-5-1-2-6-12(11)27-14/h1-2,5-6,10,13H,3-4,7-9H2/t10-,13-/m0/s1. The summed E-state index contributed by atoms with van der Waals surface area (Å²) in [6.45, 7) is -1.45. The molecule has 28 heavy (non-hydrogen) atoms. The number of carbonyl (C=O) groups excluding carboxylic acids is 1. The third-order valence-electron chi connectivity index (χ3n) is 4.31. The quantitative estimate of drug-likeness (QED) is 0.557. The van der Waals surface area contributed by atoms with Gasteiger partial charge in [0.25, 0.3) is 6.10 Å². The Labute approximate surface area is 155 Å².